The fourth-order valence-corrected chi connectivity index (χ4v) is 2.83. The first-order valence-electron chi connectivity index (χ1n) is 6.97. The lowest BCUT2D eigenvalue weighted by molar-refractivity contribution is 0.0940. The second-order valence-electron chi connectivity index (χ2n) is 5.56. The largest absolute Gasteiger partial charge is 0.378 e. The number of benzene rings is 1. The molecule has 1 heterocycles. The highest BCUT2D eigenvalue weighted by Crippen LogP contribution is 2.27. The van der Waals surface area contributed by atoms with Crippen LogP contribution < -0.4 is 10.6 Å². The number of aryl methyl sites for hydroxylation is 1. The standard InChI is InChI=1S/C15H22ClN3O2/c1-9-5-6-11(16)10(2)14(9)18-15(20)17-12-7-19(3)8-13(12)21-4/h5-6,12-13H,7-8H2,1-4H3,(H2,17,18,20)/t12-,13-/m0/s1. The number of amides is 2. The van der Waals surface area contributed by atoms with Gasteiger partial charge < -0.3 is 20.3 Å². The lowest BCUT2D eigenvalue weighted by Gasteiger charge is -2.20. The number of methoxy groups -OCH3 is 1. The van der Waals surface area contributed by atoms with E-state index in [1.165, 1.54) is 0 Å². The quantitative estimate of drug-likeness (QED) is 0.901. The van der Waals surface area contributed by atoms with Crippen LogP contribution in [0.1, 0.15) is 11.1 Å². The molecular formula is C15H22ClN3O2. The highest BCUT2D eigenvalue weighted by molar-refractivity contribution is 6.31. The SMILES string of the molecule is CO[C@H]1CN(C)C[C@@H]1NC(=O)Nc1c(C)ccc(Cl)c1C. The van der Waals surface area contributed by atoms with Gasteiger partial charge in [0, 0.05) is 30.9 Å². The van der Waals surface area contributed by atoms with E-state index in [0.717, 1.165) is 29.9 Å². The first kappa shape index (κ1) is 16.1. The van der Waals surface area contributed by atoms with Gasteiger partial charge in [-0.2, -0.15) is 0 Å². The maximum atomic E-state index is 12.2. The number of likely N-dealkylation sites (N-methyl/N-ethyl adjacent to an activating group) is 1. The van der Waals surface area contributed by atoms with E-state index < -0.39 is 0 Å². The number of carbonyl (C=O) groups excluding carboxylic acids is 1. The van der Waals surface area contributed by atoms with Gasteiger partial charge in [-0.25, -0.2) is 4.79 Å². The molecule has 1 aromatic rings. The molecule has 1 fully saturated rings. The molecule has 1 aliphatic heterocycles. The summed E-state index contributed by atoms with van der Waals surface area (Å²) in [4.78, 5) is 14.3. The smallest absolute Gasteiger partial charge is 0.319 e. The number of carbonyl (C=O) groups is 1. The second-order valence-corrected chi connectivity index (χ2v) is 5.97. The van der Waals surface area contributed by atoms with Crippen LogP contribution in [0.3, 0.4) is 0 Å². The molecule has 0 radical (unpaired) electrons. The normalized spacial score (nSPS) is 22.3. The van der Waals surface area contributed by atoms with Crippen LogP contribution >= 0.6 is 11.6 Å². The predicted octanol–water partition coefficient (Wildman–Crippen LogP) is 2.41. The number of anilines is 1. The summed E-state index contributed by atoms with van der Waals surface area (Å²) >= 11 is 6.11. The Morgan fingerprint density at radius 1 is 1.38 bits per heavy atom. The highest BCUT2D eigenvalue weighted by atomic mass is 35.5. The van der Waals surface area contributed by atoms with E-state index in [1.54, 1.807) is 7.11 Å². The number of nitrogens with zero attached hydrogens (tertiary/aromatic N) is 1. The Morgan fingerprint density at radius 2 is 2.10 bits per heavy atom. The minimum atomic E-state index is -0.231. The van der Waals surface area contributed by atoms with Gasteiger partial charge in [0.05, 0.1) is 12.1 Å². The Balaban J connectivity index is 2.04. The van der Waals surface area contributed by atoms with Gasteiger partial charge in [0.25, 0.3) is 0 Å². The van der Waals surface area contributed by atoms with Gasteiger partial charge in [-0.15, -0.1) is 0 Å². The molecule has 2 rings (SSSR count). The number of likely N-dealkylation sites (tertiary alicyclic amines) is 1. The summed E-state index contributed by atoms with van der Waals surface area (Å²) < 4.78 is 5.41. The molecule has 0 saturated carbocycles. The van der Waals surface area contributed by atoms with Crippen molar-refractivity contribution in [3.63, 3.8) is 0 Å². The number of hydrogen-bond donors (Lipinski definition) is 2. The van der Waals surface area contributed by atoms with Crippen LogP contribution in [-0.4, -0.2) is 50.3 Å². The molecule has 1 saturated heterocycles. The average molecular weight is 312 g/mol. The monoisotopic (exact) mass is 311 g/mol. The van der Waals surface area contributed by atoms with E-state index in [2.05, 4.69) is 15.5 Å². The molecule has 5 nitrogen and oxygen atoms in total. The summed E-state index contributed by atoms with van der Waals surface area (Å²) in [6.45, 7) is 5.43. The molecule has 6 heteroatoms. The third-order valence-electron chi connectivity index (χ3n) is 3.91. The number of rotatable bonds is 3. The van der Waals surface area contributed by atoms with Gasteiger partial charge in [-0.05, 0) is 38.1 Å². The van der Waals surface area contributed by atoms with Crippen molar-refractivity contribution in [1.29, 1.82) is 0 Å². The Morgan fingerprint density at radius 3 is 2.76 bits per heavy atom. The van der Waals surface area contributed by atoms with Gasteiger partial charge in [0.2, 0.25) is 0 Å². The molecule has 0 aromatic heterocycles. The summed E-state index contributed by atoms with van der Waals surface area (Å²) in [5.74, 6) is 0. The maximum Gasteiger partial charge on any atom is 0.319 e. The van der Waals surface area contributed by atoms with Crippen molar-refractivity contribution in [2.24, 2.45) is 0 Å². The van der Waals surface area contributed by atoms with E-state index in [1.807, 2.05) is 33.0 Å². The van der Waals surface area contributed by atoms with E-state index >= 15 is 0 Å². The molecule has 0 aliphatic carbocycles. The average Bonchev–Trinajstić information content (AvgIpc) is 2.79. The number of urea groups is 1. The first-order chi connectivity index (χ1) is 9.92. The molecular weight excluding hydrogens is 290 g/mol. The number of ether oxygens (including phenoxy) is 1. The van der Waals surface area contributed by atoms with Crippen molar-refractivity contribution < 1.29 is 9.53 Å². The lowest BCUT2D eigenvalue weighted by Crippen LogP contribution is -2.45. The molecule has 2 amide bonds. The van der Waals surface area contributed by atoms with E-state index in [9.17, 15) is 4.79 Å². The van der Waals surface area contributed by atoms with Crippen molar-refractivity contribution in [2.75, 3.05) is 32.6 Å². The van der Waals surface area contributed by atoms with Crippen molar-refractivity contribution in [3.05, 3.63) is 28.3 Å². The number of hydrogen-bond acceptors (Lipinski definition) is 3. The zero-order valence-corrected chi connectivity index (χ0v) is 13.6. The number of nitrogens with one attached hydrogen (secondary N) is 2. The molecule has 21 heavy (non-hydrogen) atoms. The molecule has 2 atom stereocenters. The first-order valence-corrected chi connectivity index (χ1v) is 7.34. The molecule has 0 spiro atoms. The van der Waals surface area contributed by atoms with Gasteiger partial charge in [0.1, 0.15) is 0 Å². The van der Waals surface area contributed by atoms with Crippen LogP contribution in [0, 0.1) is 13.8 Å². The lowest BCUT2D eigenvalue weighted by atomic mass is 10.1. The van der Waals surface area contributed by atoms with Crippen molar-refractivity contribution >= 4 is 23.3 Å². The molecule has 1 aromatic carbocycles. The van der Waals surface area contributed by atoms with Crippen LogP contribution in [0.5, 0.6) is 0 Å². The highest BCUT2D eigenvalue weighted by Gasteiger charge is 2.32. The summed E-state index contributed by atoms with van der Waals surface area (Å²) in [7, 11) is 3.68. The van der Waals surface area contributed by atoms with Crippen molar-refractivity contribution in [3.8, 4) is 0 Å². The Hall–Kier alpha value is -1.30. The summed E-state index contributed by atoms with van der Waals surface area (Å²) in [6, 6.07) is 3.49. The Labute approximate surface area is 130 Å². The van der Waals surface area contributed by atoms with Crippen molar-refractivity contribution in [2.45, 2.75) is 26.0 Å². The Bertz CT molecular complexity index is 536. The molecule has 1 aliphatic rings. The van der Waals surface area contributed by atoms with E-state index in [4.69, 9.17) is 16.3 Å². The molecule has 2 N–H and O–H groups in total. The summed E-state index contributed by atoms with van der Waals surface area (Å²) in [5.41, 5.74) is 2.62. The van der Waals surface area contributed by atoms with Gasteiger partial charge in [-0.1, -0.05) is 17.7 Å². The van der Waals surface area contributed by atoms with Crippen LogP contribution in [0.4, 0.5) is 10.5 Å². The van der Waals surface area contributed by atoms with Gasteiger partial charge in [-0.3, -0.25) is 0 Å². The number of halogens is 1. The van der Waals surface area contributed by atoms with E-state index in [-0.39, 0.29) is 18.2 Å². The molecule has 0 bridgehead atoms. The summed E-state index contributed by atoms with van der Waals surface area (Å²) in [5, 5.41) is 6.51. The van der Waals surface area contributed by atoms with Crippen molar-refractivity contribution in [1.82, 2.24) is 10.2 Å². The Kier molecular flexibility index (Phi) is 5.08. The van der Waals surface area contributed by atoms with Gasteiger partial charge >= 0.3 is 6.03 Å². The van der Waals surface area contributed by atoms with Gasteiger partial charge in [0.15, 0.2) is 0 Å². The minimum Gasteiger partial charge on any atom is -0.378 e. The molecule has 116 valence electrons. The third kappa shape index (κ3) is 3.67. The fraction of sp³-hybridized carbons (Fsp3) is 0.533. The maximum absolute atomic E-state index is 12.2. The second kappa shape index (κ2) is 6.64. The van der Waals surface area contributed by atoms with Crippen LogP contribution in [0.15, 0.2) is 12.1 Å². The topological polar surface area (TPSA) is 53.6 Å². The third-order valence-corrected chi connectivity index (χ3v) is 4.32. The molecule has 0 unspecified atom stereocenters. The van der Waals surface area contributed by atoms with Crippen LogP contribution in [0.25, 0.3) is 0 Å². The zero-order valence-electron chi connectivity index (χ0n) is 12.9. The summed E-state index contributed by atoms with van der Waals surface area (Å²) in [6.07, 6.45) is 0.0160. The van der Waals surface area contributed by atoms with Crippen LogP contribution in [-0.2, 0) is 4.74 Å². The zero-order chi connectivity index (χ0) is 15.6. The van der Waals surface area contributed by atoms with Crippen LogP contribution in [0.2, 0.25) is 5.02 Å². The minimum absolute atomic E-state index is 0.0141. The van der Waals surface area contributed by atoms with E-state index in [0.29, 0.717) is 5.02 Å². The fourth-order valence-electron chi connectivity index (χ4n) is 2.67. The predicted molar refractivity (Wildman–Crippen MR) is 85.2 cm³/mol.